The SMILES string of the molecule is C=C(CN(C)CCN(C)C)C(N)=O. The third kappa shape index (κ3) is 6.31. The van der Waals surface area contributed by atoms with E-state index >= 15 is 0 Å². The maximum absolute atomic E-state index is 10.7. The average Bonchev–Trinajstić information content (AvgIpc) is 2.00. The van der Waals surface area contributed by atoms with Gasteiger partial charge in [-0.15, -0.1) is 0 Å². The summed E-state index contributed by atoms with van der Waals surface area (Å²) in [5.41, 5.74) is 5.52. The predicted octanol–water partition coefficient (Wildman–Crippen LogP) is -0.479. The summed E-state index contributed by atoms with van der Waals surface area (Å²) in [4.78, 5) is 14.8. The molecule has 0 radical (unpaired) electrons. The van der Waals surface area contributed by atoms with Gasteiger partial charge in [0.25, 0.3) is 0 Å². The third-order valence-corrected chi connectivity index (χ3v) is 1.74. The summed E-state index contributed by atoms with van der Waals surface area (Å²) in [6.45, 7) is 6.00. The molecule has 0 bridgehead atoms. The lowest BCUT2D eigenvalue weighted by Crippen LogP contribution is -2.32. The van der Waals surface area contributed by atoms with Crippen LogP contribution in [0.1, 0.15) is 0 Å². The summed E-state index contributed by atoms with van der Waals surface area (Å²) in [5, 5.41) is 0. The van der Waals surface area contributed by atoms with Gasteiger partial charge in [0.05, 0.1) is 0 Å². The van der Waals surface area contributed by atoms with Crippen molar-refractivity contribution in [2.45, 2.75) is 0 Å². The number of rotatable bonds is 6. The van der Waals surface area contributed by atoms with Gasteiger partial charge in [0.1, 0.15) is 0 Å². The quantitative estimate of drug-likeness (QED) is 0.569. The van der Waals surface area contributed by atoms with Crippen LogP contribution in [0.3, 0.4) is 0 Å². The van der Waals surface area contributed by atoms with Gasteiger partial charge >= 0.3 is 0 Å². The van der Waals surface area contributed by atoms with Gasteiger partial charge in [0.15, 0.2) is 0 Å². The van der Waals surface area contributed by atoms with Crippen LogP contribution in [-0.2, 0) is 4.79 Å². The van der Waals surface area contributed by atoms with Gasteiger partial charge in [-0.2, -0.15) is 0 Å². The number of hydrogen-bond donors (Lipinski definition) is 1. The molecule has 0 heterocycles. The highest BCUT2D eigenvalue weighted by molar-refractivity contribution is 5.91. The molecule has 2 N–H and O–H groups in total. The van der Waals surface area contributed by atoms with Crippen molar-refractivity contribution in [2.75, 3.05) is 40.8 Å². The Hall–Kier alpha value is -0.870. The van der Waals surface area contributed by atoms with Crippen LogP contribution >= 0.6 is 0 Å². The summed E-state index contributed by atoms with van der Waals surface area (Å²) in [6.07, 6.45) is 0. The van der Waals surface area contributed by atoms with E-state index < -0.39 is 5.91 Å². The lowest BCUT2D eigenvalue weighted by atomic mass is 10.3. The van der Waals surface area contributed by atoms with Crippen LogP contribution < -0.4 is 5.73 Å². The van der Waals surface area contributed by atoms with Crippen molar-refractivity contribution >= 4 is 5.91 Å². The first-order chi connectivity index (χ1) is 5.93. The molecule has 1 amide bonds. The van der Waals surface area contributed by atoms with E-state index in [0.29, 0.717) is 12.1 Å². The molecular formula is C9H19N3O. The largest absolute Gasteiger partial charge is 0.366 e. The summed E-state index contributed by atoms with van der Waals surface area (Å²) in [7, 11) is 5.96. The zero-order valence-corrected chi connectivity index (χ0v) is 8.71. The Labute approximate surface area is 80.0 Å². The number of likely N-dealkylation sites (N-methyl/N-ethyl adjacent to an activating group) is 2. The molecule has 0 aromatic rings. The number of nitrogens with two attached hydrogens (primary N) is 1. The van der Waals surface area contributed by atoms with Crippen LogP contribution in [0.2, 0.25) is 0 Å². The van der Waals surface area contributed by atoms with Crippen molar-refractivity contribution in [2.24, 2.45) is 5.73 Å². The van der Waals surface area contributed by atoms with E-state index in [-0.39, 0.29) is 0 Å². The fraction of sp³-hybridized carbons (Fsp3) is 0.667. The predicted molar refractivity (Wildman–Crippen MR) is 54.4 cm³/mol. The average molecular weight is 185 g/mol. The Kier molecular flexibility index (Phi) is 5.34. The second-order valence-corrected chi connectivity index (χ2v) is 3.51. The van der Waals surface area contributed by atoms with Crippen molar-refractivity contribution in [3.8, 4) is 0 Å². The zero-order chi connectivity index (χ0) is 10.4. The number of hydrogen-bond acceptors (Lipinski definition) is 3. The Morgan fingerprint density at radius 2 is 1.85 bits per heavy atom. The molecule has 76 valence electrons. The van der Waals surface area contributed by atoms with Gasteiger partial charge in [-0.05, 0) is 21.1 Å². The van der Waals surface area contributed by atoms with E-state index in [4.69, 9.17) is 5.73 Å². The first kappa shape index (κ1) is 12.1. The fourth-order valence-corrected chi connectivity index (χ4v) is 0.854. The molecule has 0 atom stereocenters. The number of primary amides is 1. The monoisotopic (exact) mass is 185 g/mol. The van der Waals surface area contributed by atoms with Crippen LogP contribution in [0.15, 0.2) is 12.2 Å². The normalized spacial score (nSPS) is 10.8. The number of amides is 1. The molecule has 0 aromatic carbocycles. The van der Waals surface area contributed by atoms with Crippen LogP contribution in [0, 0.1) is 0 Å². The minimum atomic E-state index is -0.420. The Balaban J connectivity index is 3.68. The second-order valence-electron chi connectivity index (χ2n) is 3.51. The summed E-state index contributed by atoms with van der Waals surface area (Å²) < 4.78 is 0. The van der Waals surface area contributed by atoms with Crippen molar-refractivity contribution < 1.29 is 4.79 Å². The van der Waals surface area contributed by atoms with E-state index in [1.165, 1.54) is 0 Å². The maximum Gasteiger partial charge on any atom is 0.245 e. The molecule has 0 spiro atoms. The van der Waals surface area contributed by atoms with E-state index in [2.05, 4.69) is 11.5 Å². The van der Waals surface area contributed by atoms with E-state index in [0.717, 1.165) is 13.1 Å². The minimum absolute atomic E-state index is 0.420. The molecule has 0 aliphatic carbocycles. The molecule has 4 nitrogen and oxygen atoms in total. The molecule has 0 aromatic heterocycles. The molecule has 0 unspecified atom stereocenters. The van der Waals surface area contributed by atoms with Crippen molar-refractivity contribution in [3.63, 3.8) is 0 Å². The Bertz CT molecular complexity index is 189. The molecule has 0 saturated carbocycles. The van der Waals surface area contributed by atoms with Gasteiger partial charge in [0, 0.05) is 25.2 Å². The molecule has 13 heavy (non-hydrogen) atoms. The van der Waals surface area contributed by atoms with Gasteiger partial charge < -0.3 is 15.5 Å². The highest BCUT2D eigenvalue weighted by Gasteiger charge is 2.05. The van der Waals surface area contributed by atoms with E-state index in [9.17, 15) is 4.79 Å². The van der Waals surface area contributed by atoms with Crippen LogP contribution in [0.5, 0.6) is 0 Å². The lowest BCUT2D eigenvalue weighted by Gasteiger charge is -2.19. The van der Waals surface area contributed by atoms with Gasteiger partial charge in [-0.1, -0.05) is 6.58 Å². The molecule has 0 saturated heterocycles. The number of nitrogens with zero attached hydrogens (tertiary/aromatic N) is 2. The van der Waals surface area contributed by atoms with Crippen molar-refractivity contribution in [1.82, 2.24) is 9.80 Å². The van der Waals surface area contributed by atoms with Crippen LogP contribution in [-0.4, -0.2) is 56.5 Å². The number of carbonyl (C=O) groups excluding carboxylic acids is 1. The van der Waals surface area contributed by atoms with Gasteiger partial charge in [0.2, 0.25) is 5.91 Å². The molecule has 0 aliphatic heterocycles. The van der Waals surface area contributed by atoms with Crippen LogP contribution in [0.4, 0.5) is 0 Å². The lowest BCUT2D eigenvalue weighted by molar-refractivity contribution is -0.114. The summed E-state index contributed by atoms with van der Waals surface area (Å²) in [6, 6.07) is 0. The molecule has 0 fully saturated rings. The highest BCUT2D eigenvalue weighted by Crippen LogP contribution is 1.93. The van der Waals surface area contributed by atoms with E-state index in [1.54, 1.807) is 0 Å². The first-order valence-corrected chi connectivity index (χ1v) is 4.24. The smallest absolute Gasteiger partial charge is 0.245 e. The van der Waals surface area contributed by atoms with Gasteiger partial charge in [-0.25, -0.2) is 0 Å². The summed E-state index contributed by atoms with van der Waals surface area (Å²) >= 11 is 0. The minimum Gasteiger partial charge on any atom is -0.366 e. The van der Waals surface area contributed by atoms with Crippen LogP contribution in [0.25, 0.3) is 0 Å². The first-order valence-electron chi connectivity index (χ1n) is 4.24. The maximum atomic E-state index is 10.7. The standard InChI is InChI=1S/C9H19N3O/c1-8(9(10)13)7-12(4)6-5-11(2)3/h1,5-7H2,2-4H3,(H2,10,13). The molecule has 4 heteroatoms. The third-order valence-electron chi connectivity index (χ3n) is 1.74. The molecule has 0 rings (SSSR count). The fourth-order valence-electron chi connectivity index (χ4n) is 0.854. The molecule has 0 aliphatic rings. The highest BCUT2D eigenvalue weighted by atomic mass is 16.1. The zero-order valence-electron chi connectivity index (χ0n) is 8.71. The van der Waals surface area contributed by atoms with Gasteiger partial charge in [-0.3, -0.25) is 4.79 Å². The Morgan fingerprint density at radius 1 is 1.31 bits per heavy atom. The van der Waals surface area contributed by atoms with E-state index in [1.807, 2.05) is 26.0 Å². The summed E-state index contributed by atoms with van der Waals surface area (Å²) in [5.74, 6) is -0.420. The molecular weight excluding hydrogens is 166 g/mol. The second kappa shape index (κ2) is 5.72. The van der Waals surface area contributed by atoms with Crippen molar-refractivity contribution in [3.05, 3.63) is 12.2 Å². The Morgan fingerprint density at radius 3 is 2.23 bits per heavy atom. The van der Waals surface area contributed by atoms with Crippen molar-refractivity contribution in [1.29, 1.82) is 0 Å². The number of carbonyl (C=O) groups is 1. The topological polar surface area (TPSA) is 49.6 Å².